The molecule has 4 heteroatoms. The summed E-state index contributed by atoms with van der Waals surface area (Å²) in [5.41, 5.74) is 0.0884. The minimum Gasteiger partial charge on any atom is -0.506 e. The van der Waals surface area contributed by atoms with Crippen molar-refractivity contribution in [2.75, 3.05) is 5.32 Å². The summed E-state index contributed by atoms with van der Waals surface area (Å²) in [5.74, 6) is -0.492. The van der Waals surface area contributed by atoms with Gasteiger partial charge in [-0.25, -0.2) is 4.39 Å². The maximum atomic E-state index is 12.8. The molecule has 1 aliphatic carbocycles. The maximum Gasteiger partial charge on any atom is 0.248 e. The van der Waals surface area contributed by atoms with E-state index < -0.39 is 5.82 Å². The number of halogens is 1. The fourth-order valence-electron chi connectivity index (χ4n) is 1.29. The van der Waals surface area contributed by atoms with Crippen molar-refractivity contribution in [1.82, 2.24) is 0 Å². The first kappa shape index (κ1) is 10.7. The first-order valence-electron chi connectivity index (χ1n) is 5.13. The molecule has 0 aliphatic heterocycles. The molecular formula is C12H12FNO2. The van der Waals surface area contributed by atoms with Gasteiger partial charge in [0, 0.05) is 6.07 Å². The lowest BCUT2D eigenvalue weighted by Gasteiger charge is -2.04. The largest absolute Gasteiger partial charge is 0.506 e. The molecule has 0 unspecified atom stereocenters. The Balaban J connectivity index is 2.01. The lowest BCUT2D eigenvalue weighted by molar-refractivity contribution is -0.111. The minimum absolute atomic E-state index is 0.0884. The average Bonchev–Trinajstić information content (AvgIpc) is 3.04. The highest BCUT2D eigenvalue weighted by molar-refractivity contribution is 6.00. The van der Waals surface area contributed by atoms with Gasteiger partial charge in [-0.05, 0) is 37.0 Å². The molecule has 1 aromatic rings. The summed E-state index contributed by atoms with van der Waals surface area (Å²) in [4.78, 5) is 11.4. The third kappa shape index (κ3) is 2.82. The molecule has 3 nitrogen and oxygen atoms in total. The number of hydrogen-bond donors (Lipinski definition) is 2. The lowest BCUT2D eigenvalue weighted by atomic mass is 10.2. The molecule has 0 atom stereocenters. The van der Waals surface area contributed by atoms with Gasteiger partial charge in [-0.2, -0.15) is 0 Å². The highest BCUT2D eigenvalue weighted by Crippen LogP contribution is 2.30. The van der Waals surface area contributed by atoms with Gasteiger partial charge in [-0.15, -0.1) is 0 Å². The van der Waals surface area contributed by atoms with Crippen molar-refractivity contribution in [3.63, 3.8) is 0 Å². The van der Waals surface area contributed by atoms with E-state index in [1.165, 1.54) is 12.1 Å². The molecule has 0 radical (unpaired) electrons. The van der Waals surface area contributed by atoms with E-state index in [1.54, 1.807) is 0 Å². The maximum absolute atomic E-state index is 12.8. The van der Waals surface area contributed by atoms with Crippen LogP contribution < -0.4 is 5.32 Å². The summed E-state index contributed by atoms with van der Waals surface area (Å²) >= 11 is 0. The third-order valence-electron chi connectivity index (χ3n) is 2.36. The standard InChI is InChI=1S/C12H12FNO2/c13-9-4-5-11(15)10(7-9)14-12(16)6-3-8-1-2-8/h3-8,15H,1-2H2,(H,14,16). The first-order chi connectivity index (χ1) is 7.65. The Bertz CT molecular complexity index is 439. The minimum atomic E-state index is -0.501. The SMILES string of the molecule is O=C(C=CC1CC1)Nc1cc(F)ccc1O. The van der Waals surface area contributed by atoms with Crippen molar-refractivity contribution in [1.29, 1.82) is 0 Å². The number of nitrogens with one attached hydrogen (secondary N) is 1. The molecule has 0 spiro atoms. The number of amides is 1. The van der Waals surface area contributed by atoms with Crippen molar-refractivity contribution in [3.8, 4) is 5.75 Å². The van der Waals surface area contributed by atoms with E-state index >= 15 is 0 Å². The zero-order valence-corrected chi connectivity index (χ0v) is 8.61. The van der Waals surface area contributed by atoms with Gasteiger partial charge in [0.05, 0.1) is 5.69 Å². The van der Waals surface area contributed by atoms with E-state index in [9.17, 15) is 14.3 Å². The van der Waals surface area contributed by atoms with Crippen LogP contribution in [0.2, 0.25) is 0 Å². The van der Waals surface area contributed by atoms with E-state index in [4.69, 9.17) is 0 Å². The highest BCUT2D eigenvalue weighted by Gasteiger charge is 2.17. The van der Waals surface area contributed by atoms with Gasteiger partial charge in [0.15, 0.2) is 0 Å². The van der Waals surface area contributed by atoms with Crippen molar-refractivity contribution in [2.45, 2.75) is 12.8 Å². The number of benzene rings is 1. The van der Waals surface area contributed by atoms with Gasteiger partial charge in [-0.1, -0.05) is 6.08 Å². The van der Waals surface area contributed by atoms with Gasteiger partial charge in [0.1, 0.15) is 11.6 Å². The Kier molecular flexibility index (Phi) is 2.90. The highest BCUT2D eigenvalue weighted by atomic mass is 19.1. The van der Waals surface area contributed by atoms with Crippen molar-refractivity contribution in [2.24, 2.45) is 5.92 Å². The number of phenols is 1. The second-order valence-electron chi connectivity index (χ2n) is 3.85. The second kappa shape index (κ2) is 4.35. The Labute approximate surface area is 92.6 Å². The molecule has 84 valence electrons. The summed E-state index contributed by atoms with van der Waals surface area (Å²) in [7, 11) is 0. The van der Waals surface area contributed by atoms with Gasteiger partial charge in [-0.3, -0.25) is 4.79 Å². The molecule has 1 saturated carbocycles. The molecule has 16 heavy (non-hydrogen) atoms. The first-order valence-corrected chi connectivity index (χ1v) is 5.13. The molecular weight excluding hydrogens is 209 g/mol. The summed E-state index contributed by atoms with van der Waals surface area (Å²) in [6.45, 7) is 0. The molecule has 0 saturated heterocycles. The van der Waals surface area contributed by atoms with Gasteiger partial charge >= 0.3 is 0 Å². The van der Waals surface area contributed by atoms with Crippen LogP contribution in [-0.4, -0.2) is 11.0 Å². The molecule has 2 N–H and O–H groups in total. The van der Waals surface area contributed by atoms with Gasteiger partial charge in [0.25, 0.3) is 0 Å². The van der Waals surface area contributed by atoms with Crippen LogP contribution >= 0.6 is 0 Å². The smallest absolute Gasteiger partial charge is 0.248 e. The number of phenolic OH excluding ortho intramolecular Hbond substituents is 1. The van der Waals surface area contributed by atoms with E-state index in [0.717, 1.165) is 25.0 Å². The Morgan fingerprint density at radius 1 is 1.50 bits per heavy atom. The molecule has 1 aromatic carbocycles. The molecule has 1 aliphatic rings. The van der Waals surface area contributed by atoms with E-state index in [-0.39, 0.29) is 17.3 Å². The van der Waals surface area contributed by atoms with E-state index in [1.807, 2.05) is 6.08 Å². The van der Waals surface area contributed by atoms with Crippen LogP contribution in [0.25, 0.3) is 0 Å². The number of anilines is 1. The fourth-order valence-corrected chi connectivity index (χ4v) is 1.29. The van der Waals surface area contributed by atoms with Crippen LogP contribution in [0.5, 0.6) is 5.75 Å². The lowest BCUT2D eigenvalue weighted by Crippen LogP contribution is -2.08. The van der Waals surface area contributed by atoms with Crippen LogP contribution in [0.1, 0.15) is 12.8 Å². The predicted octanol–water partition coefficient (Wildman–Crippen LogP) is 2.44. The Morgan fingerprint density at radius 3 is 2.94 bits per heavy atom. The molecule has 1 fully saturated rings. The van der Waals surface area contributed by atoms with Crippen LogP contribution in [0.15, 0.2) is 30.4 Å². The summed E-state index contributed by atoms with van der Waals surface area (Å²) in [5, 5.41) is 11.8. The number of aromatic hydroxyl groups is 1. The van der Waals surface area contributed by atoms with Crippen molar-refractivity contribution in [3.05, 3.63) is 36.2 Å². The van der Waals surface area contributed by atoms with Gasteiger partial charge in [0.2, 0.25) is 5.91 Å². The van der Waals surface area contributed by atoms with Crippen LogP contribution in [0, 0.1) is 11.7 Å². The number of hydrogen-bond acceptors (Lipinski definition) is 2. The quantitative estimate of drug-likeness (QED) is 0.608. The summed E-state index contributed by atoms with van der Waals surface area (Å²) in [6, 6.07) is 3.42. The molecule has 1 amide bonds. The zero-order valence-electron chi connectivity index (χ0n) is 8.61. The Morgan fingerprint density at radius 2 is 2.25 bits per heavy atom. The van der Waals surface area contributed by atoms with E-state index in [0.29, 0.717) is 5.92 Å². The number of rotatable bonds is 3. The van der Waals surface area contributed by atoms with Crippen molar-refractivity contribution < 1.29 is 14.3 Å². The van der Waals surface area contributed by atoms with Crippen LogP contribution in [0.3, 0.4) is 0 Å². The zero-order chi connectivity index (χ0) is 11.5. The summed E-state index contributed by atoms with van der Waals surface area (Å²) in [6.07, 6.45) is 5.48. The number of carbonyl (C=O) groups excluding carboxylic acids is 1. The molecule has 0 heterocycles. The summed E-state index contributed by atoms with van der Waals surface area (Å²) < 4.78 is 12.8. The normalized spacial score (nSPS) is 15.3. The van der Waals surface area contributed by atoms with E-state index in [2.05, 4.69) is 5.32 Å². The molecule has 0 aromatic heterocycles. The predicted molar refractivity (Wildman–Crippen MR) is 58.6 cm³/mol. The van der Waals surface area contributed by atoms with Crippen molar-refractivity contribution >= 4 is 11.6 Å². The monoisotopic (exact) mass is 221 g/mol. The van der Waals surface area contributed by atoms with Gasteiger partial charge < -0.3 is 10.4 Å². The topological polar surface area (TPSA) is 49.3 Å². The third-order valence-corrected chi connectivity index (χ3v) is 2.36. The average molecular weight is 221 g/mol. The fraction of sp³-hybridized carbons (Fsp3) is 0.250. The second-order valence-corrected chi connectivity index (χ2v) is 3.85. The Hall–Kier alpha value is -1.84. The van der Waals surface area contributed by atoms with Crippen LogP contribution in [0.4, 0.5) is 10.1 Å². The molecule has 0 bridgehead atoms. The van der Waals surface area contributed by atoms with Crippen LogP contribution in [-0.2, 0) is 4.79 Å². The number of allylic oxidation sites excluding steroid dienone is 1. The molecule has 2 rings (SSSR count). The number of carbonyl (C=O) groups is 1.